The lowest BCUT2D eigenvalue weighted by atomic mass is 10.1. The third-order valence-corrected chi connectivity index (χ3v) is 13.1. The number of phosphoric ester groups is 1. The second-order valence-corrected chi connectivity index (χ2v) is 22.1. The minimum Gasteiger partial charge on any atom is -0.385 e. The number of hydrogen-bond donors (Lipinski definition) is 6. The lowest BCUT2D eigenvalue weighted by Gasteiger charge is -2.33. The van der Waals surface area contributed by atoms with Crippen LogP contribution in [0.2, 0.25) is 0 Å². The van der Waals surface area contributed by atoms with Gasteiger partial charge in [-0.2, -0.15) is 0 Å². The number of phosphoric acid groups is 1. The summed E-state index contributed by atoms with van der Waals surface area (Å²) in [4.78, 5) is 36.7. The van der Waals surface area contributed by atoms with Crippen molar-refractivity contribution in [3.63, 3.8) is 0 Å². The van der Waals surface area contributed by atoms with Crippen molar-refractivity contribution in [2.45, 2.75) is 174 Å². The first-order chi connectivity index (χ1) is 30.7. The summed E-state index contributed by atoms with van der Waals surface area (Å²) >= 11 is 0. The zero-order valence-electron chi connectivity index (χ0n) is 43.1. The lowest BCUT2D eigenvalue weighted by Crippen LogP contribution is -2.48. The van der Waals surface area contributed by atoms with Crippen LogP contribution in [0, 0.1) is 0 Å². The fourth-order valence-electron chi connectivity index (χ4n) is 7.92. The molecule has 0 rings (SSSR count). The summed E-state index contributed by atoms with van der Waals surface area (Å²) in [6, 6.07) is 0. The molecule has 3 amide bonds. The maximum absolute atomic E-state index is 14.1. The van der Waals surface area contributed by atoms with E-state index in [1.54, 1.807) is 0 Å². The van der Waals surface area contributed by atoms with Crippen molar-refractivity contribution in [3.8, 4) is 0 Å². The van der Waals surface area contributed by atoms with Crippen LogP contribution in [0.25, 0.3) is 0 Å². The van der Waals surface area contributed by atoms with Crippen LogP contribution in [-0.4, -0.2) is 186 Å². The number of nitrogens with one attached hydrogen (secondary N) is 3. The van der Waals surface area contributed by atoms with E-state index < -0.39 is 26.1 Å². The topological polar surface area (TPSA) is 193 Å². The van der Waals surface area contributed by atoms with Gasteiger partial charge in [0, 0.05) is 58.2 Å². The Balaban J connectivity index is 5.25. The van der Waals surface area contributed by atoms with Crippen molar-refractivity contribution in [1.82, 2.24) is 16.0 Å². The van der Waals surface area contributed by atoms with Gasteiger partial charge in [0.1, 0.15) is 37.9 Å². The van der Waals surface area contributed by atoms with Crippen molar-refractivity contribution < 1.29 is 61.3 Å². The maximum atomic E-state index is 14.1. The zero-order chi connectivity index (χ0) is 49.0. The van der Waals surface area contributed by atoms with Crippen LogP contribution in [0.15, 0.2) is 0 Å². The molecule has 0 fully saturated rings. The largest absolute Gasteiger partial charge is 0.475 e. The zero-order valence-corrected chi connectivity index (χ0v) is 43.9. The van der Waals surface area contributed by atoms with Gasteiger partial charge in [-0.1, -0.05) is 97.8 Å². The lowest BCUT2D eigenvalue weighted by molar-refractivity contribution is -0.893. The van der Waals surface area contributed by atoms with Crippen LogP contribution < -0.4 is 16.0 Å². The summed E-state index contributed by atoms with van der Waals surface area (Å²) in [5, 5.41) is 42.1. The second kappa shape index (κ2) is 37.2. The molecular weight excluding hydrogens is 852 g/mol. The summed E-state index contributed by atoms with van der Waals surface area (Å²) in [5.74, 6) is 0.179. The van der Waals surface area contributed by atoms with Gasteiger partial charge in [0.2, 0.25) is 17.7 Å². The Morgan fingerprint density at radius 3 is 0.923 bits per heavy atom. The number of aliphatic hydroxyl groups is 3. The first-order valence-corrected chi connectivity index (χ1v) is 27.0. The third-order valence-electron chi connectivity index (χ3n) is 11.7. The molecular formula is C48H102N6O10P+3. The van der Waals surface area contributed by atoms with Crippen molar-refractivity contribution in [2.75, 3.05) is 121 Å². The van der Waals surface area contributed by atoms with Crippen LogP contribution in [0.1, 0.15) is 156 Å². The Hall–Kier alpha value is -1.72. The average molecular weight is 954 g/mol. The highest BCUT2D eigenvalue weighted by molar-refractivity contribution is 7.48. The Labute approximate surface area is 396 Å². The van der Waals surface area contributed by atoms with Gasteiger partial charge in [-0.25, -0.2) is 4.57 Å². The van der Waals surface area contributed by atoms with E-state index in [2.05, 4.69) is 36.7 Å². The molecule has 65 heavy (non-hydrogen) atoms. The molecule has 3 unspecified atom stereocenters. The monoisotopic (exact) mass is 954 g/mol. The van der Waals surface area contributed by atoms with E-state index in [1.165, 1.54) is 38.5 Å². The number of amides is 3. The number of quaternary nitrogens is 3. The molecule has 0 aromatic carbocycles. The molecule has 0 aromatic heterocycles. The fourth-order valence-corrected chi connectivity index (χ4v) is 9.21. The van der Waals surface area contributed by atoms with E-state index in [4.69, 9.17) is 13.6 Å². The van der Waals surface area contributed by atoms with Crippen LogP contribution in [0.4, 0.5) is 0 Å². The van der Waals surface area contributed by atoms with Crippen LogP contribution in [-0.2, 0) is 32.5 Å². The predicted molar refractivity (Wildman–Crippen MR) is 262 cm³/mol. The highest BCUT2D eigenvalue weighted by atomic mass is 31.2. The van der Waals surface area contributed by atoms with Gasteiger partial charge in [0.25, 0.3) is 0 Å². The van der Waals surface area contributed by atoms with Crippen molar-refractivity contribution in [2.24, 2.45) is 0 Å². The standard InChI is InChI=1S/C48H99N6O10P/c1-10-13-16-19-22-28-46(58)49-31-25-34-52(4,5)37-43(55)40-62-65(61,63-41-44(56)38-53(6,7)35-26-32-50-47(59)29-23-20-17-14-11-2)64-42-45(57)39-54(8,9)36-27-33-51-48(60)30-24-21-18-15-12-3/h43-45,55-57H,10-42H2,1-9H3/p+3. The Bertz CT molecular complexity index is 1130. The number of nitrogens with zero attached hydrogens (tertiary/aromatic N) is 3. The molecule has 0 saturated heterocycles. The molecule has 0 heterocycles. The van der Waals surface area contributed by atoms with Gasteiger partial charge in [-0.3, -0.25) is 28.0 Å². The fraction of sp³-hybridized carbons (Fsp3) is 0.938. The Morgan fingerprint density at radius 2 is 0.677 bits per heavy atom. The molecule has 0 bridgehead atoms. The number of carbonyl (C=O) groups is 3. The smallest absolute Gasteiger partial charge is 0.385 e. The summed E-state index contributed by atoms with van der Waals surface area (Å²) in [6.07, 6.45) is 17.1. The van der Waals surface area contributed by atoms with Crippen molar-refractivity contribution in [1.29, 1.82) is 0 Å². The van der Waals surface area contributed by atoms with Gasteiger partial charge in [-0.05, 0) is 19.3 Å². The molecule has 0 aliphatic rings. The SMILES string of the molecule is CCCCCCCC(=O)NCCC[N+](C)(C)CC(O)COP(=O)(OCC(O)C[N+](C)(C)CCCNC(=O)CCCCCCC)OCC(O)C[N+](C)(C)CCCNC(=O)CCCCCCC. The van der Waals surface area contributed by atoms with Gasteiger partial charge in [0.15, 0.2) is 0 Å². The van der Waals surface area contributed by atoms with E-state index in [-0.39, 0.29) is 57.2 Å². The number of hydrogen-bond acceptors (Lipinski definition) is 10. The minimum atomic E-state index is -4.38. The molecule has 16 nitrogen and oxygen atoms in total. The quantitative estimate of drug-likeness (QED) is 0.0238. The third kappa shape index (κ3) is 38.9. The van der Waals surface area contributed by atoms with Crippen molar-refractivity contribution >= 4 is 25.5 Å². The van der Waals surface area contributed by atoms with E-state index in [1.807, 2.05) is 42.3 Å². The molecule has 0 saturated carbocycles. The average Bonchev–Trinajstić information content (AvgIpc) is 3.23. The molecule has 17 heteroatoms. The molecule has 0 spiro atoms. The molecule has 0 aliphatic heterocycles. The minimum absolute atomic E-state index is 0.0596. The molecule has 3 atom stereocenters. The summed E-state index contributed by atoms with van der Waals surface area (Å²) < 4.78 is 32.5. The van der Waals surface area contributed by atoms with Gasteiger partial charge >= 0.3 is 7.82 Å². The normalized spacial score (nSPS) is 14.7. The maximum Gasteiger partial charge on any atom is 0.475 e. The molecule has 0 aliphatic carbocycles. The summed E-state index contributed by atoms with van der Waals surface area (Å²) in [6.45, 7) is 9.88. The molecule has 386 valence electrons. The second-order valence-electron chi connectivity index (χ2n) is 20.4. The Morgan fingerprint density at radius 1 is 0.431 bits per heavy atom. The Kier molecular flexibility index (Phi) is 36.2. The van der Waals surface area contributed by atoms with E-state index >= 15 is 0 Å². The highest BCUT2D eigenvalue weighted by Crippen LogP contribution is 2.50. The number of rotatable bonds is 45. The molecule has 0 radical (unpaired) electrons. The number of unbranched alkanes of at least 4 members (excludes halogenated alkanes) is 12. The summed E-state index contributed by atoms with van der Waals surface area (Å²) in [7, 11) is 7.40. The van der Waals surface area contributed by atoms with Gasteiger partial charge in [-0.15, -0.1) is 0 Å². The molecule has 6 N–H and O–H groups in total. The van der Waals surface area contributed by atoms with Gasteiger partial charge < -0.3 is 44.7 Å². The molecule has 0 aromatic rings. The van der Waals surface area contributed by atoms with Crippen molar-refractivity contribution in [3.05, 3.63) is 0 Å². The highest BCUT2D eigenvalue weighted by Gasteiger charge is 2.34. The number of likely N-dealkylation sites (N-methyl/N-ethyl adjacent to an activating group) is 3. The van der Waals surface area contributed by atoms with Crippen LogP contribution in [0.3, 0.4) is 0 Å². The first kappa shape index (κ1) is 63.3. The first-order valence-electron chi connectivity index (χ1n) is 25.5. The van der Waals surface area contributed by atoms with E-state index in [0.717, 1.165) is 57.8 Å². The van der Waals surface area contributed by atoms with Gasteiger partial charge in [0.05, 0.1) is 81.7 Å². The van der Waals surface area contributed by atoms with Crippen LogP contribution >= 0.6 is 7.82 Å². The van der Waals surface area contributed by atoms with E-state index in [0.29, 0.717) is 91.2 Å². The number of aliphatic hydroxyl groups excluding tert-OH is 3. The summed E-state index contributed by atoms with van der Waals surface area (Å²) in [5.41, 5.74) is 0. The van der Waals surface area contributed by atoms with Crippen LogP contribution in [0.5, 0.6) is 0 Å². The van der Waals surface area contributed by atoms with E-state index in [9.17, 15) is 34.3 Å². The number of carbonyl (C=O) groups excluding carboxylic acids is 3. The predicted octanol–water partition coefficient (Wildman–Crippen LogP) is 6.06.